The van der Waals surface area contributed by atoms with Crippen LogP contribution in [0, 0.1) is 25.2 Å². The first kappa shape index (κ1) is 18.3. The number of aryl methyl sites for hydroxylation is 1. The number of terminal acetylenes is 1. The van der Waals surface area contributed by atoms with E-state index in [1.54, 1.807) is 36.4 Å². The van der Waals surface area contributed by atoms with Crippen LogP contribution in [0.2, 0.25) is 0 Å². The average Bonchev–Trinajstić information content (AvgIpc) is 2.59. The first-order chi connectivity index (χ1) is 11.9. The Kier molecular flexibility index (Phi) is 5.97. The van der Waals surface area contributed by atoms with Crippen molar-refractivity contribution in [2.75, 3.05) is 5.32 Å². The van der Waals surface area contributed by atoms with Gasteiger partial charge < -0.3 is 10.6 Å². The number of nitrogens with one attached hydrogen (secondary N) is 2. The third-order valence-corrected chi connectivity index (χ3v) is 3.92. The topological polar surface area (TPSA) is 58.2 Å². The lowest BCUT2D eigenvalue weighted by Crippen LogP contribution is -2.47. The molecule has 2 amide bonds. The highest BCUT2D eigenvalue weighted by molar-refractivity contribution is 6.01. The van der Waals surface area contributed by atoms with Gasteiger partial charge in [0.15, 0.2) is 0 Å². The molecular formula is C21H22N2O2. The number of amides is 2. The van der Waals surface area contributed by atoms with Crippen molar-refractivity contribution in [3.05, 3.63) is 65.2 Å². The fraction of sp³-hybridized carbons (Fsp3) is 0.238. The van der Waals surface area contributed by atoms with Crippen LogP contribution in [0.15, 0.2) is 48.5 Å². The Morgan fingerprint density at radius 2 is 1.80 bits per heavy atom. The van der Waals surface area contributed by atoms with Gasteiger partial charge >= 0.3 is 0 Å². The fourth-order valence-corrected chi connectivity index (χ4v) is 2.49. The number of anilines is 1. The van der Waals surface area contributed by atoms with E-state index >= 15 is 0 Å². The van der Waals surface area contributed by atoms with Crippen molar-refractivity contribution in [2.45, 2.75) is 26.8 Å². The predicted molar refractivity (Wildman–Crippen MR) is 100 cm³/mol. The quantitative estimate of drug-likeness (QED) is 0.824. The third kappa shape index (κ3) is 4.71. The van der Waals surface area contributed by atoms with Crippen LogP contribution in [0.5, 0.6) is 0 Å². The smallest absolute Gasteiger partial charge is 0.252 e. The van der Waals surface area contributed by atoms with Crippen molar-refractivity contribution < 1.29 is 9.59 Å². The van der Waals surface area contributed by atoms with Crippen LogP contribution >= 0.6 is 0 Å². The molecule has 0 spiro atoms. The molecule has 0 aliphatic carbocycles. The van der Waals surface area contributed by atoms with E-state index in [9.17, 15) is 9.59 Å². The zero-order valence-corrected chi connectivity index (χ0v) is 14.7. The van der Waals surface area contributed by atoms with Gasteiger partial charge in [-0.25, -0.2) is 0 Å². The van der Waals surface area contributed by atoms with Crippen LogP contribution in [0.1, 0.15) is 35.3 Å². The minimum atomic E-state index is -0.651. The zero-order valence-electron chi connectivity index (χ0n) is 14.7. The Hall–Kier alpha value is -3.06. The highest BCUT2D eigenvalue weighted by atomic mass is 16.2. The highest BCUT2D eigenvalue weighted by Gasteiger charge is 2.25. The van der Waals surface area contributed by atoms with Crippen molar-refractivity contribution in [2.24, 2.45) is 5.92 Å². The Morgan fingerprint density at radius 3 is 2.44 bits per heavy atom. The van der Waals surface area contributed by atoms with Gasteiger partial charge in [-0.05, 0) is 42.7 Å². The number of carbonyl (C=O) groups excluding carboxylic acids is 2. The van der Waals surface area contributed by atoms with Gasteiger partial charge in [0.1, 0.15) is 6.04 Å². The molecule has 2 aromatic rings. The van der Waals surface area contributed by atoms with E-state index in [1.807, 2.05) is 32.9 Å². The van der Waals surface area contributed by atoms with Crippen LogP contribution in [0.25, 0.3) is 0 Å². The number of carbonyl (C=O) groups is 2. The fourth-order valence-electron chi connectivity index (χ4n) is 2.49. The van der Waals surface area contributed by atoms with Crippen molar-refractivity contribution in [1.29, 1.82) is 0 Å². The van der Waals surface area contributed by atoms with Gasteiger partial charge in [0.2, 0.25) is 5.91 Å². The van der Waals surface area contributed by atoms with Crippen LogP contribution in [-0.2, 0) is 4.79 Å². The second kappa shape index (κ2) is 8.16. The summed E-state index contributed by atoms with van der Waals surface area (Å²) >= 11 is 0. The van der Waals surface area contributed by atoms with Crippen LogP contribution in [0.3, 0.4) is 0 Å². The van der Waals surface area contributed by atoms with E-state index in [2.05, 4.69) is 16.6 Å². The Balaban J connectivity index is 2.14. The second-order valence-electron chi connectivity index (χ2n) is 6.22. The summed E-state index contributed by atoms with van der Waals surface area (Å²) in [6.07, 6.45) is 5.38. The molecule has 2 aromatic carbocycles. The van der Waals surface area contributed by atoms with Gasteiger partial charge in [-0.3, -0.25) is 9.59 Å². The Bertz CT molecular complexity index is 819. The van der Waals surface area contributed by atoms with E-state index in [4.69, 9.17) is 6.42 Å². The molecule has 0 fully saturated rings. The monoisotopic (exact) mass is 334 g/mol. The number of hydrogen-bond donors (Lipinski definition) is 2. The van der Waals surface area contributed by atoms with Crippen LogP contribution in [-0.4, -0.2) is 17.9 Å². The van der Waals surface area contributed by atoms with Crippen LogP contribution in [0.4, 0.5) is 5.69 Å². The van der Waals surface area contributed by atoms with Gasteiger partial charge in [-0.2, -0.15) is 0 Å². The Labute approximate surface area is 148 Å². The van der Waals surface area contributed by atoms with Gasteiger partial charge in [-0.1, -0.05) is 44.0 Å². The summed E-state index contributed by atoms with van der Waals surface area (Å²) in [4.78, 5) is 25.1. The maximum atomic E-state index is 12.6. The summed E-state index contributed by atoms with van der Waals surface area (Å²) in [7, 11) is 0. The summed E-state index contributed by atoms with van der Waals surface area (Å²) in [5.41, 5.74) is 2.72. The lowest BCUT2D eigenvalue weighted by atomic mass is 10.0. The summed E-state index contributed by atoms with van der Waals surface area (Å²) in [6.45, 7) is 5.64. The molecule has 0 heterocycles. The lowest BCUT2D eigenvalue weighted by molar-refractivity contribution is -0.118. The maximum absolute atomic E-state index is 12.6. The number of rotatable bonds is 5. The molecule has 1 unspecified atom stereocenters. The van der Waals surface area contributed by atoms with Crippen LogP contribution < -0.4 is 10.6 Å². The summed E-state index contributed by atoms with van der Waals surface area (Å²) in [6, 6.07) is 13.7. The van der Waals surface area contributed by atoms with Gasteiger partial charge in [0, 0.05) is 16.8 Å². The molecule has 0 aromatic heterocycles. The Morgan fingerprint density at radius 1 is 1.08 bits per heavy atom. The molecular weight excluding hydrogens is 312 g/mol. The van der Waals surface area contributed by atoms with Crippen molar-refractivity contribution in [3.63, 3.8) is 0 Å². The normalized spacial score (nSPS) is 11.5. The summed E-state index contributed by atoms with van der Waals surface area (Å²) in [5, 5.41) is 5.65. The highest BCUT2D eigenvalue weighted by Crippen LogP contribution is 2.13. The average molecular weight is 334 g/mol. The van der Waals surface area contributed by atoms with Crippen molar-refractivity contribution in [3.8, 4) is 12.3 Å². The molecule has 0 saturated heterocycles. The molecule has 2 rings (SSSR count). The maximum Gasteiger partial charge on any atom is 0.252 e. The molecule has 2 N–H and O–H groups in total. The van der Waals surface area contributed by atoms with Crippen molar-refractivity contribution in [1.82, 2.24) is 5.32 Å². The zero-order chi connectivity index (χ0) is 18.4. The van der Waals surface area contributed by atoms with E-state index in [0.29, 0.717) is 16.8 Å². The molecule has 0 radical (unpaired) electrons. The molecule has 4 nitrogen and oxygen atoms in total. The first-order valence-electron chi connectivity index (χ1n) is 8.16. The molecule has 25 heavy (non-hydrogen) atoms. The first-order valence-corrected chi connectivity index (χ1v) is 8.16. The van der Waals surface area contributed by atoms with Gasteiger partial charge in [0.05, 0.1) is 0 Å². The van der Waals surface area contributed by atoms with Gasteiger partial charge in [0.25, 0.3) is 5.91 Å². The molecule has 0 aliphatic heterocycles. The van der Waals surface area contributed by atoms with Gasteiger partial charge in [-0.15, -0.1) is 6.42 Å². The summed E-state index contributed by atoms with van der Waals surface area (Å²) < 4.78 is 0. The minimum Gasteiger partial charge on any atom is -0.340 e. The number of benzene rings is 2. The predicted octanol–water partition coefficient (Wildman–Crippen LogP) is 3.37. The van der Waals surface area contributed by atoms with E-state index in [0.717, 1.165) is 5.56 Å². The molecule has 128 valence electrons. The molecule has 1 atom stereocenters. The molecule has 0 saturated carbocycles. The molecule has 0 aliphatic rings. The third-order valence-electron chi connectivity index (χ3n) is 3.92. The molecule has 4 heteroatoms. The number of hydrogen-bond acceptors (Lipinski definition) is 2. The SMILES string of the molecule is C#Cc1cccc(NC(=O)C(NC(=O)c2ccccc2C)C(C)C)c1. The van der Waals surface area contributed by atoms with E-state index < -0.39 is 6.04 Å². The minimum absolute atomic E-state index is 0.0659. The largest absolute Gasteiger partial charge is 0.340 e. The standard InChI is InChI=1S/C21H22N2O2/c1-5-16-10-8-11-17(13-16)22-21(25)19(14(2)3)23-20(24)18-12-7-6-9-15(18)4/h1,6-14,19H,2-4H3,(H,22,25)(H,23,24). The van der Waals surface area contributed by atoms with Crippen molar-refractivity contribution >= 4 is 17.5 Å². The lowest BCUT2D eigenvalue weighted by Gasteiger charge is -2.22. The van der Waals surface area contributed by atoms with E-state index in [1.165, 1.54) is 0 Å². The second-order valence-corrected chi connectivity index (χ2v) is 6.22. The van der Waals surface area contributed by atoms with E-state index in [-0.39, 0.29) is 17.7 Å². The summed E-state index contributed by atoms with van der Waals surface area (Å²) in [5.74, 6) is 1.93. The molecule has 0 bridgehead atoms.